The lowest BCUT2D eigenvalue weighted by Gasteiger charge is -2.23. The topological polar surface area (TPSA) is 38.8 Å². The van der Waals surface area contributed by atoms with Crippen molar-refractivity contribution in [3.05, 3.63) is 66.2 Å². The predicted octanol–water partition coefficient (Wildman–Crippen LogP) is 3.66. The van der Waals surface area contributed by atoms with Gasteiger partial charge in [0.15, 0.2) is 0 Å². The zero-order chi connectivity index (χ0) is 17.0. The van der Waals surface area contributed by atoms with Gasteiger partial charge in [0.25, 0.3) is 0 Å². The number of hydrogen-bond acceptors (Lipinski definition) is 4. The van der Waals surface area contributed by atoms with Crippen molar-refractivity contribution in [1.29, 1.82) is 0 Å². The molecular formula is C20H25NO3. The van der Waals surface area contributed by atoms with Gasteiger partial charge in [0.05, 0.1) is 6.61 Å². The first-order chi connectivity index (χ1) is 11.8. The Balaban J connectivity index is 1.87. The van der Waals surface area contributed by atoms with Gasteiger partial charge in [0.2, 0.25) is 0 Å². The Morgan fingerprint density at radius 3 is 2.29 bits per heavy atom. The van der Waals surface area contributed by atoms with Crippen molar-refractivity contribution in [2.75, 3.05) is 31.2 Å². The summed E-state index contributed by atoms with van der Waals surface area (Å²) in [6, 6.07) is 19.6. The summed E-state index contributed by atoms with van der Waals surface area (Å²) in [5, 5.41) is 0. The van der Waals surface area contributed by atoms with Crippen molar-refractivity contribution in [3.8, 4) is 0 Å². The van der Waals surface area contributed by atoms with E-state index in [9.17, 15) is 4.79 Å². The van der Waals surface area contributed by atoms with Crippen molar-refractivity contribution >= 4 is 11.7 Å². The fourth-order valence-corrected chi connectivity index (χ4v) is 2.30. The molecule has 128 valence electrons. The zero-order valence-electron chi connectivity index (χ0n) is 14.2. The van der Waals surface area contributed by atoms with E-state index in [0.717, 1.165) is 24.3 Å². The number of hydrogen-bond donors (Lipinski definition) is 0. The van der Waals surface area contributed by atoms with Crippen molar-refractivity contribution in [3.63, 3.8) is 0 Å². The van der Waals surface area contributed by atoms with E-state index in [0.29, 0.717) is 19.8 Å². The van der Waals surface area contributed by atoms with Crippen LogP contribution in [0.5, 0.6) is 0 Å². The standard InChI is InChI=1S/C20H25NO3/c1-2-14-23-15-13-21(19-11-7-4-8-12-19)16-20(22)24-17-18-9-5-3-6-10-18/h3-12H,2,13-17H2,1H3. The number of ether oxygens (including phenoxy) is 2. The smallest absolute Gasteiger partial charge is 0.325 e. The molecule has 0 bridgehead atoms. The van der Waals surface area contributed by atoms with Gasteiger partial charge in [-0.1, -0.05) is 55.5 Å². The summed E-state index contributed by atoms with van der Waals surface area (Å²) >= 11 is 0. The summed E-state index contributed by atoms with van der Waals surface area (Å²) < 4.78 is 10.9. The second-order valence-electron chi connectivity index (χ2n) is 5.52. The van der Waals surface area contributed by atoms with Gasteiger partial charge in [-0.05, 0) is 24.1 Å². The maximum absolute atomic E-state index is 12.2. The van der Waals surface area contributed by atoms with Gasteiger partial charge in [-0.15, -0.1) is 0 Å². The minimum Gasteiger partial charge on any atom is -0.459 e. The van der Waals surface area contributed by atoms with Crippen molar-refractivity contribution < 1.29 is 14.3 Å². The van der Waals surface area contributed by atoms with Gasteiger partial charge in [-0.2, -0.15) is 0 Å². The van der Waals surface area contributed by atoms with Crippen LogP contribution in [0.15, 0.2) is 60.7 Å². The van der Waals surface area contributed by atoms with Crippen LogP contribution >= 0.6 is 0 Å². The third kappa shape index (κ3) is 6.42. The highest BCUT2D eigenvalue weighted by molar-refractivity contribution is 5.75. The monoisotopic (exact) mass is 327 g/mol. The lowest BCUT2D eigenvalue weighted by Crippen LogP contribution is -2.33. The molecule has 0 saturated heterocycles. The van der Waals surface area contributed by atoms with Crippen LogP contribution in [-0.4, -0.2) is 32.3 Å². The van der Waals surface area contributed by atoms with Crippen LogP contribution in [0.1, 0.15) is 18.9 Å². The van der Waals surface area contributed by atoms with Crippen LogP contribution in [0.3, 0.4) is 0 Å². The summed E-state index contributed by atoms with van der Waals surface area (Å²) in [6.45, 7) is 4.58. The Morgan fingerprint density at radius 1 is 0.958 bits per heavy atom. The Labute approximate surface area is 144 Å². The average Bonchev–Trinajstić information content (AvgIpc) is 2.64. The van der Waals surface area contributed by atoms with E-state index in [-0.39, 0.29) is 12.5 Å². The van der Waals surface area contributed by atoms with E-state index in [1.54, 1.807) is 0 Å². The fourth-order valence-electron chi connectivity index (χ4n) is 2.30. The van der Waals surface area contributed by atoms with Gasteiger partial charge < -0.3 is 14.4 Å². The summed E-state index contributed by atoms with van der Waals surface area (Å²) in [5.74, 6) is -0.238. The second-order valence-corrected chi connectivity index (χ2v) is 5.52. The molecular weight excluding hydrogens is 302 g/mol. The summed E-state index contributed by atoms with van der Waals surface area (Å²) in [4.78, 5) is 14.2. The molecule has 0 heterocycles. The first kappa shape index (κ1) is 18.0. The van der Waals surface area contributed by atoms with Gasteiger partial charge in [0.1, 0.15) is 13.2 Å². The molecule has 4 nitrogen and oxygen atoms in total. The van der Waals surface area contributed by atoms with E-state index < -0.39 is 0 Å². The van der Waals surface area contributed by atoms with Crippen LogP contribution in [0, 0.1) is 0 Å². The highest BCUT2D eigenvalue weighted by Crippen LogP contribution is 2.13. The normalized spacial score (nSPS) is 10.4. The molecule has 0 aliphatic heterocycles. The number of carbonyl (C=O) groups excluding carboxylic acids is 1. The number of para-hydroxylation sites is 1. The zero-order valence-corrected chi connectivity index (χ0v) is 14.2. The quantitative estimate of drug-likeness (QED) is 0.493. The molecule has 0 aromatic heterocycles. The average molecular weight is 327 g/mol. The Kier molecular flexibility index (Phi) is 7.84. The van der Waals surface area contributed by atoms with Crippen LogP contribution in [-0.2, 0) is 20.9 Å². The number of carbonyl (C=O) groups is 1. The van der Waals surface area contributed by atoms with Gasteiger partial charge in [-0.3, -0.25) is 4.79 Å². The van der Waals surface area contributed by atoms with Crippen molar-refractivity contribution in [2.45, 2.75) is 20.0 Å². The van der Waals surface area contributed by atoms with Crippen molar-refractivity contribution in [2.24, 2.45) is 0 Å². The molecule has 0 amide bonds. The molecule has 0 atom stereocenters. The van der Waals surface area contributed by atoms with Gasteiger partial charge >= 0.3 is 5.97 Å². The summed E-state index contributed by atoms with van der Waals surface area (Å²) in [7, 11) is 0. The second kappa shape index (κ2) is 10.4. The van der Waals surface area contributed by atoms with E-state index in [2.05, 4.69) is 6.92 Å². The minimum atomic E-state index is -0.238. The molecule has 0 radical (unpaired) electrons. The van der Waals surface area contributed by atoms with Crippen molar-refractivity contribution in [1.82, 2.24) is 0 Å². The maximum atomic E-state index is 12.2. The van der Waals surface area contributed by atoms with E-state index in [1.807, 2.05) is 65.6 Å². The molecule has 2 aromatic carbocycles. The highest BCUT2D eigenvalue weighted by atomic mass is 16.5. The Morgan fingerprint density at radius 2 is 1.62 bits per heavy atom. The predicted molar refractivity (Wildman–Crippen MR) is 96.0 cm³/mol. The third-order valence-electron chi connectivity index (χ3n) is 3.54. The molecule has 24 heavy (non-hydrogen) atoms. The number of anilines is 1. The van der Waals surface area contributed by atoms with Gasteiger partial charge in [0, 0.05) is 18.8 Å². The first-order valence-corrected chi connectivity index (χ1v) is 8.37. The largest absolute Gasteiger partial charge is 0.459 e. The molecule has 0 spiro atoms. The Hall–Kier alpha value is -2.33. The Bertz CT molecular complexity index is 586. The molecule has 2 aromatic rings. The SMILES string of the molecule is CCCOCCN(CC(=O)OCc1ccccc1)c1ccccc1. The minimum absolute atomic E-state index is 0.215. The first-order valence-electron chi connectivity index (χ1n) is 8.37. The van der Waals surface area contributed by atoms with Gasteiger partial charge in [-0.25, -0.2) is 0 Å². The highest BCUT2D eigenvalue weighted by Gasteiger charge is 2.12. The molecule has 0 unspecified atom stereocenters. The van der Waals surface area contributed by atoms with Crippen LogP contribution < -0.4 is 4.90 Å². The molecule has 0 saturated carbocycles. The lowest BCUT2D eigenvalue weighted by molar-refractivity contribution is -0.143. The lowest BCUT2D eigenvalue weighted by atomic mass is 10.2. The van der Waals surface area contributed by atoms with E-state index in [4.69, 9.17) is 9.47 Å². The number of esters is 1. The summed E-state index contributed by atoms with van der Waals surface area (Å²) in [6.07, 6.45) is 0.991. The van der Waals surface area contributed by atoms with E-state index >= 15 is 0 Å². The molecule has 0 N–H and O–H groups in total. The molecule has 2 rings (SSSR count). The van der Waals surface area contributed by atoms with E-state index in [1.165, 1.54) is 0 Å². The molecule has 0 fully saturated rings. The molecule has 4 heteroatoms. The molecule has 0 aliphatic rings. The number of benzene rings is 2. The maximum Gasteiger partial charge on any atom is 0.325 e. The van der Waals surface area contributed by atoms with Crippen LogP contribution in [0.4, 0.5) is 5.69 Å². The number of nitrogens with zero attached hydrogens (tertiary/aromatic N) is 1. The van der Waals surface area contributed by atoms with Crippen LogP contribution in [0.2, 0.25) is 0 Å². The third-order valence-corrected chi connectivity index (χ3v) is 3.54. The number of rotatable bonds is 10. The molecule has 0 aliphatic carbocycles. The summed E-state index contributed by atoms with van der Waals surface area (Å²) in [5.41, 5.74) is 1.98. The van der Waals surface area contributed by atoms with Crippen LogP contribution in [0.25, 0.3) is 0 Å². The fraction of sp³-hybridized carbons (Fsp3) is 0.350.